The largest absolute Gasteiger partial charge is 0.384 e. The SMILES string of the molecule is O[C@@]1(CNCc2ccccn2)CCc2ccccc21. The molecule has 0 bridgehead atoms. The highest BCUT2D eigenvalue weighted by atomic mass is 16.3. The lowest BCUT2D eigenvalue weighted by Gasteiger charge is -2.24. The van der Waals surface area contributed by atoms with Crippen molar-refractivity contribution in [2.24, 2.45) is 0 Å². The molecule has 2 N–H and O–H groups in total. The minimum Gasteiger partial charge on any atom is -0.384 e. The van der Waals surface area contributed by atoms with E-state index < -0.39 is 5.60 Å². The molecular formula is C16H18N2O. The van der Waals surface area contributed by atoms with Crippen LogP contribution in [0.5, 0.6) is 0 Å². The van der Waals surface area contributed by atoms with E-state index in [9.17, 15) is 5.11 Å². The van der Waals surface area contributed by atoms with Gasteiger partial charge in [0.15, 0.2) is 0 Å². The van der Waals surface area contributed by atoms with Gasteiger partial charge in [0.2, 0.25) is 0 Å². The lowest BCUT2D eigenvalue weighted by Crippen LogP contribution is -2.36. The fraction of sp³-hybridized carbons (Fsp3) is 0.312. The first-order valence-electron chi connectivity index (χ1n) is 6.69. The van der Waals surface area contributed by atoms with Gasteiger partial charge in [-0.05, 0) is 36.1 Å². The average Bonchev–Trinajstić information content (AvgIpc) is 2.79. The number of benzene rings is 1. The smallest absolute Gasteiger partial charge is 0.103 e. The van der Waals surface area contributed by atoms with E-state index >= 15 is 0 Å². The zero-order chi connectivity index (χ0) is 13.1. The van der Waals surface area contributed by atoms with Gasteiger partial charge in [0.25, 0.3) is 0 Å². The van der Waals surface area contributed by atoms with Crippen LogP contribution in [0.1, 0.15) is 23.2 Å². The summed E-state index contributed by atoms with van der Waals surface area (Å²) in [4.78, 5) is 4.27. The molecule has 0 amide bonds. The maximum atomic E-state index is 10.7. The zero-order valence-corrected chi connectivity index (χ0v) is 10.8. The number of nitrogens with zero attached hydrogens (tertiary/aromatic N) is 1. The molecule has 2 aromatic rings. The van der Waals surface area contributed by atoms with Crippen LogP contribution in [0.2, 0.25) is 0 Å². The number of fused-ring (bicyclic) bond motifs is 1. The van der Waals surface area contributed by atoms with Crippen LogP contribution in [-0.2, 0) is 18.6 Å². The third-order valence-corrected chi connectivity index (χ3v) is 3.78. The summed E-state index contributed by atoms with van der Waals surface area (Å²) in [5, 5.41) is 14.1. The number of nitrogens with one attached hydrogen (secondary N) is 1. The standard InChI is InChI=1S/C16H18N2O/c19-16(9-8-13-5-1-2-7-15(13)16)12-17-11-14-6-3-4-10-18-14/h1-7,10,17,19H,8-9,11-12H2/t16-/m1/s1. The van der Waals surface area contributed by atoms with Crippen molar-refractivity contribution in [1.82, 2.24) is 10.3 Å². The third kappa shape index (κ3) is 2.53. The Balaban J connectivity index is 1.65. The second-order valence-corrected chi connectivity index (χ2v) is 5.11. The van der Waals surface area contributed by atoms with Crippen molar-refractivity contribution in [3.8, 4) is 0 Å². The van der Waals surface area contributed by atoms with E-state index in [0.29, 0.717) is 13.1 Å². The van der Waals surface area contributed by atoms with Crippen molar-refractivity contribution in [3.05, 3.63) is 65.5 Å². The van der Waals surface area contributed by atoms with E-state index in [1.165, 1.54) is 5.56 Å². The molecule has 1 aliphatic carbocycles. The van der Waals surface area contributed by atoms with Gasteiger partial charge >= 0.3 is 0 Å². The Morgan fingerprint density at radius 3 is 2.84 bits per heavy atom. The van der Waals surface area contributed by atoms with Crippen molar-refractivity contribution >= 4 is 0 Å². The van der Waals surface area contributed by atoms with Crippen LogP contribution < -0.4 is 5.32 Å². The van der Waals surface area contributed by atoms with E-state index in [2.05, 4.69) is 16.4 Å². The molecule has 1 aromatic carbocycles. The maximum Gasteiger partial charge on any atom is 0.103 e. The van der Waals surface area contributed by atoms with Gasteiger partial charge in [0.05, 0.1) is 5.69 Å². The molecule has 0 spiro atoms. The minimum atomic E-state index is -0.731. The summed E-state index contributed by atoms with van der Waals surface area (Å²) in [6.45, 7) is 1.26. The van der Waals surface area contributed by atoms with Crippen molar-refractivity contribution < 1.29 is 5.11 Å². The molecular weight excluding hydrogens is 236 g/mol. The first-order valence-corrected chi connectivity index (χ1v) is 6.69. The lowest BCUT2D eigenvalue weighted by molar-refractivity contribution is 0.0384. The Bertz CT molecular complexity index is 556. The van der Waals surface area contributed by atoms with Gasteiger partial charge in [-0.3, -0.25) is 4.98 Å². The van der Waals surface area contributed by atoms with Crippen molar-refractivity contribution in [2.75, 3.05) is 6.54 Å². The predicted octanol–water partition coefficient (Wildman–Crippen LogP) is 2.01. The first kappa shape index (κ1) is 12.3. The number of aliphatic hydroxyl groups is 1. The molecule has 0 saturated carbocycles. The summed E-state index contributed by atoms with van der Waals surface area (Å²) in [5.74, 6) is 0. The van der Waals surface area contributed by atoms with Crippen molar-refractivity contribution in [1.29, 1.82) is 0 Å². The summed E-state index contributed by atoms with van der Waals surface area (Å²) in [6, 6.07) is 14.0. The van der Waals surface area contributed by atoms with Gasteiger partial charge in [-0.15, -0.1) is 0 Å². The van der Waals surface area contributed by atoms with Crippen molar-refractivity contribution in [2.45, 2.75) is 25.0 Å². The molecule has 98 valence electrons. The summed E-state index contributed by atoms with van der Waals surface area (Å²) in [5.41, 5.74) is 2.61. The van der Waals surface area contributed by atoms with Crippen LogP contribution >= 0.6 is 0 Å². The van der Waals surface area contributed by atoms with Crippen LogP contribution in [0.4, 0.5) is 0 Å². The van der Waals surface area contributed by atoms with E-state index in [4.69, 9.17) is 0 Å². The topological polar surface area (TPSA) is 45.1 Å². The van der Waals surface area contributed by atoms with Gasteiger partial charge < -0.3 is 10.4 Å². The normalized spacial score (nSPS) is 21.3. The van der Waals surface area contributed by atoms with Crippen LogP contribution in [0, 0.1) is 0 Å². The fourth-order valence-electron chi connectivity index (χ4n) is 2.75. The Kier molecular flexibility index (Phi) is 3.32. The quantitative estimate of drug-likeness (QED) is 0.877. The summed E-state index contributed by atoms with van der Waals surface area (Å²) < 4.78 is 0. The Morgan fingerprint density at radius 1 is 1.16 bits per heavy atom. The number of rotatable bonds is 4. The highest BCUT2D eigenvalue weighted by molar-refractivity contribution is 5.37. The Morgan fingerprint density at radius 2 is 2.00 bits per heavy atom. The molecule has 0 fully saturated rings. The molecule has 1 atom stereocenters. The molecule has 19 heavy (non-hydrogen) atoms. The van der Waals surface area contributed by atoms with Gasteiger partial charge in [0.1, 0.15) is 5.60 Å². The summed E-state index contributed by atoms with van der Waals surface area (Å²) in [7, 11) is 0. The molecule has 0 unspecified atom stereocenters. The van der Waals surface area contributed by atoms with Gasteiger partial charge in [-0.25, -0.2) is 0 Å². The fourth-order valence-corrected chi connectivity index (χ4v) is 2.75. The van der Waals surface area contributed by atoms with Gasteiger partial charge in [-0.2, -0.15) is 0 Å². The second kappa shape index (κ2) is 5.11. The lowest BCUT2D eigenvalue weighted by atomic mass is 9.96. The third-order valence-electron chi connectivity index (χ3n) is 3.78. The van der Waals surface area contributed by atoms with E-state index in [0.717, 1.165) is 24.1 Å². The zero-order valence-electron chi connectivity index (χ0n) is 10.8. The Labute approximate surface area is 113 Å². The van der Waals surface area contributed by atoms with E-state index in [1.54, 1.807) is 6.20 Å². The van der Waals surface area contributed by atoms with Crippen LogP contribution in [0.25, 0.3) is 0 Å². The monoisotopic (exact) mass is 254 g/mol. The molecule has 1 heterocycles. The molecule has 3 heteroatoms. The summed E-state index contributed by atoms with van der Waals surface area (Å²) >= 11 is 0. The van der Waals surface area contributed by atoms with E-state index in [1.807, 2.05) is 36.4 Å². The average molecular weight is 254 g/mol. The molecule has 1 aromatic heterocycles. The number of hydrogen-bond acceptors (Lipinski definition) is 3. The minimum absolute atomic E-state index is 0.570. The van der Waals surface area contributed by atoms with Gasteiger partial charge in [0, 0.05) is 19.3 Å². The molecule has 0 aliphatic heterocycles. The molecule has 1 aliphatic rings. The molecule has 3 rings (SSSR count). The van der Waals surface area contributed by atoms with Gasteiger partial charge in [-0.1, -0.05) is 30.3 Å². The molecule has 0 radical (unpaired) electrons. The van der Waals surface area contributed by atoms with Crippen LogP contribution in [0.15, 0.2) is 48.7 Å². The first-order chi connectivity index (χ1) is 9.28. The highest BCUT2D eigenvalue weighted by Gasteiger charge is 2.35. The van der Waals surface area contributed by atoms with Crippen LogP contribution in [0.3, 0.4) is 0 Å². The number of pyridine rings is 1. The van der Waals surface area contributed by atoms with Crippen LogP contribution in [-0.4, -0.2) is 16.6 Å². The second-order valence-electron chi connectivity index (χ2n) is 5.11. The highest BCUT2D eigenvalue weighted by Crippen LogP contribution is 2.36. The Hall–Kier alpha value is -1.71. The predicted molar refractivity (Wildman–Crippen MR) is 74.6 cm³/mol. The maximum absolute atomic E-state index is 10.7. The number of aryl methyl sites for hydroxylation is 1. The molecule has 0 saturated heterocycles. The number of aromatic nitrogens is 1. The number of hydrogen-bond donors (Lipinski definition) is 2. The van der Waals surface area contributed by atoms with Crippen molar-refractivity contribution in [3.63, 3.8) is 0 Å². The summed E-state index contributed by atoms with van der Waals surface area (Å²) in [6.07, 6.45) is 3.54. The molecule has 3 nitrogen and oxygen atoms in total. The van der Waals surface area contributed by atoms with E-state index in [-0.39, 0.29) is 0 Å².